The lowest BCUT2D eigenvalue weighted by Crippen LogP contribution is -2.27. The maximum absolute atomic E-state index is 14.1. The first-order valence-corrected chi connectivity index (χ1v) is 8.90. The van der Waals surface area contributed by atoms with E-state index in [1.807, 2.05) is 0 Å². The van der Waals surface area contributed by atoms with Gasteiger partial charge in [0.1, 0.15) is 21.8 Å². The Bertz CT molecular complexity index is 856. The maximum atomic E-state index is 14.1. The molecule has 0 bridgehead atoms. The van der Waals surface area contributed by atoms with Crippen LogP contribution >= 0.6 is 11.6 Å². The number of nitrogens with zero attached hydrogens (tertiary/aromatic N) is 3. The van der Waals surface area contributed by atoms with Crippen LogP contribution in [0.25, 0.3) is 0 Å². The molecule has 0 saturated carbocycles. The molecule has 11 heteroatoms. The number of rotatable bonds is 4. The zero-order valence-corrected chi connectivity index (χ0v) is 15.9. The average Bonchev–Trinajstić information content (AvgIpc) is 2.53. The molecule has 0 saturated heterocycles. The summed E-state index contributed by atoms with van der Waals surface area (Å²) in [5.41, 5.74) is -0.0403. The van der Waals surface area contributed by atoms with Crippen LogP contribution in [-0.4, -0.2) is 31.3 Å². The van der Waals surface area contributed by atoms with Crippen molar-refractivity contribution in [3.05, 3.63) is 52.8 Å². The van der Waals surface area contributed by atoms with E-state index < -0.39 is 34.0 Å². The molecule has 27 heavy (non-hydrogen) atoms. The monoisotopic (exact) mass is 423 g/mol. The van der Waals surface area contributed by atoms with Gasteiger partial charge in [0.2, 0.25) is 0 Å². The second-order valence-corrected chi connectivity index (χ2v) is 8.45. The molecule has 2 rings (SSSR count). The van der Waals surface area contributed by atoms with Gasteiger partial charge in [-0.2, -0.15) is 0 Å². The Morgan fingerprint density at radius 2 is 1.81 bits per heavy atom. The van der Waals surface area contributed by atoms with Crippen LogP contribution in [-0.2, 0) is 11.4 Å². The summed E-state index contributed by atoms with van der Waals surface area (Å²) in [6, 6.07) is 2.69. The van der Waals surface area contributed by atoms with Gasteiger partial charge >= 0.3 is 6.36 Å². The highest BCUT2D eigenvalue weighted by Crippen LogP contribution is 2.28. The number of hydrogen-bond acceptors (Lipinski definition) is 5. The minimum atomic E-state index is -5.04. The number of benzene rings is 1. The van der Waals surface area contributed by atoms with Crippen molar-refractivity contribution in [2.24, 2.45) is 4.40 Å². The third-order valence-electron chi connectivity index (χ3n) is 3.01. The fraction of sp³-hybridized carbons (Fsp3) is 0.312. The molecule has 2 aromatic rings. The lowest BCUT2D eigenvalue weighted by Gasteiger charge is -2.19. The van der Waals surface area contributed by atoms with Crippen molar-refractivity contribution >= 4 is 28.7 Å². The van der Waals surface area contributed by atoms with Gasteiger partial charge in [0.15, 0.2) is 22.4 Å². The number of alkyl halides is 3. The van der Waals surface area contributed by atoms with Gasteiger partial charge in [0.05, 0.1) is 0 Å². The molecule has 5 nitrogen and oxygen atoms in total. The highest BCUT2D eigenvalue weighted by Gasteiger charge is 2.33. The summed E-state index contributed by atoms with van der Waals surface area (Å²) < 4.78 is 70.4. The van der Waals surface area contributed by atoms with Crippen molar-refractivity contribution in [3.63, 3.8) is 0 Å². The molecule has 0 amide bonds. The van der Waals surface area contributed by atoms with Gasteiger partial charge in [0.25, 0.3) is 0 Å². The Morgan fingerprint density at radius 3 is 2.33 bits per heavy atom. The molecule has 1 heterocycles. The average molecular weight is 424 g/mol. The maximum Gasteiger partial charge on any atom is 0.573 e. The highest BCUT2D eigenvalue weighted by molar-refractivity contribution is 7.91. The van der Waals surface area contributed by atoms with Gasteiger partial charge in [0, 0.05) is 18.0 Å². The summed E-state index contributed by atoms with van der Waals surface area (Å²) in [5.74, 6) is -2.29. The van der Waals surface area contributed by atoms with E-state index in [-0.39, 0.29) is 22.1 Å². The van der Waals surface area contributed by atoms with Gasteiger partial charge in [-0.25, -0.2) is 14.4 Å². The lowest BCUT2D eigenvalue weighted by molar-refractivity contribution is -0.275. The van der Waals surface area contributed by atoms with E-state index in [4.69, 9.17) is 11.6 Å². The van der Waals surface area contributed by atoms with Crippen LogP contribution < -0.4 is 4.74 Å². The molecule has 0 aliphatic heterocycles. The van der Waals surface area contributed by atoms with Crippen LogP contribution in [0.1, 0.15) is 32.0 Å². The molecule has 0 spiro atoms. The Balaban J connectivity index is 2.57. The van der Waals surface area contributed by atoms with Gasteiger partial charge in [-0.15, -0.1) is 13.2 Å². The number of halogens is 5. The van der Waals surface area contributed by atoms with E-state index in [0.29, 0.717) is 0 Å². The van der Waals surface area contributed by atoms with E-state index >= 15 is 0 Å². The Labute approximate surface area is 160 Å². The number of hydrogen-bond donors (Lipinski definition) is 0. The molecule has 0 aliphatic rings. The van der Waals surface area contributed by atoms with Crippen LogP contribution in [0.15, 0.2) is 35.0 Å². The molecular formula is C16H14ClF4N3O2S. The quantitative estimate of drug-likeness (QED) is 0.413. The zero-order chi connectivity index (χ0) is 20.4. The standard InChI is InChI=1S/C16H14ClF4N3O2S/c1-15(2,3)27(25)24-12(13-14(17)23-7-6-22-13)9-4-5-11(10(18)8-9)26-16(19,20)21/h4-8H,1-3H3. The van der Waals surface area contributed by atoms with Crippen LogP contribution in [0.5, 0.6) is 5.75 Å². The SMILES string of the molecule is CC(C)(C)[S+]([O-])N=C(c1ccc(OC(F)(F)F)c(F)c1)c1nccnc1Cl. The first-order valence-electron chi connectivity index (χ1n) is 7.42. The molecule has 146 valence electrons. The first-order chi connectivity index (χ1) is 12.4. The summed E-state index contributed by atoms with van der Waals surface area (Å²) in [7, 11) is 0. The fourth-order valence-corrected chi connectivity index (χ4v) is 2.61. The zero-order valence-electron chi connectivity index (χ0n) is 14.3. The lowest BCUT2D eigenvalue weighted by atomic mass is 10.1. The van der Waals surface area contributed by atoms with Crippen LogP contribution in [0.2, 0.25) is 5.15 Å². The van der Waals surface area contributed by atoms with Gasteiger partial charge < -0.3 is 9.29 Å². The minimum absolute atomic E-state index is 0.0145. The predicted molar refractivity (Wildman–Crippen MR) is 93.7 cm³/mol. The predicted octanol–water partition coefficient (Wildman–Crippen LogP) is 4.47. The molecule has 0 N–H and O–H groups in total. The Hall–Kier alpha value is -1.91. The van der Waals surface area contributed by atoms with Crippen molar-refractivity contribution in [1.29, 1.82) is 0 Å². The molecule has 0 aliphatic carbocycles. The van der Waals surface area contributed by atoms with E-state index in [2.05, 4.69) is 19.1 Å². The summed E-state index contributed by atoms with van der Waals surface area (Å²) >= 11 is 4.23. The van der Waals surface area contributed by atoms with E-state index in [9.17, 15) is 22.1 Å². The molecule has 1 aromatic heterocycles. The van der Waals surface area contributed by atoms with Crippen molar-refractivity contribution in [1.82, 2.24) is 9.97 Å². The second kappa shape index (κ2) is 7.99. The summed E-state index contributed by atoms with van der Waals surface area (Å²) in [6.45, 7) is 5.01. The highest BCUT2D eigenvalue weighted by atomic mass is 35.5. The summed E-state index contributed by atoms with van der Waals surface area (Å²) in [6.07, 6.45) is -2.43. The minimum Gasteiger partial charge on any atom is -0.591 e. The molecule has 0 fully saturated rings. The third kappa shape index (κ3) is 5.78. The first kappa shape index (κ1) is 21.4. The molecule has 0 radical (unpaired) electrons. The number of aromatic nitrogens is 2. The number of ether oxygens (including phenoxy) is 1. The molecular weight excluding hydrogens is 410 g/mol. The molecule has 1 atom stereocenters. The summed E-state index contributed by atoms with van der Waals surface area (Å²) in [5, 5.41) is -0.0850. The van der Waals surface area contributed by atoms with Gasteiger partial charge in [-0.3, -0.25) is 0 Å². The summed E-state index contributed by atoms with van der Waals surface area (Å²) in [4.78, 5) is 7.85. The van der Waals surface area contributed by atoms with E-state index in [1.54, 1.807) is 20.8 Å². The van der Waals surface area contributed by atoms with Crippen LogP contribution in [0.3, 0.4) is 0 Å². The van der Waals surface area contributed by atoms with E-state index in [0.717, 1.165) is 18.2 Å². The largest absolute Gasteiger partial charge is 0.591 e. The van der Waals surface area contributed by atoms with Crippen molar-refractivity contribution in [2.45, 2.75) is 31.9 Å². The van der Waals surface area contributed by atoms with Crippen molar-refractivity contribution in [2.75, 3.05) is 0 Å². The van der Waals surface area contributed by atoms with Crippen molar-refractivity contribution < 1.29 is 26.9 Å². The van der Waals surface area contributed by atoms with Gasteiger partial charge in [-0.1, -0.05) is 16.0 Å². The van der Waals surface area contributed by atoms with Crippen molar-refractivity contribution in [3.8, 4) is 5.75 Å². The van der Waals surface area contributed by atoms with E-state index in [1.165, 1.54) is 12.4 Å². The Kier molecular flexibility index (Phi) is 6.33. The van der Waals surface area contributed by atoms with Crippen LogP contribution in [0.4, 0.5) is 17.6 Å². The van der Waals surface area contributed by atoms with Crippen LogP contribution in [0, 0.1) is 5.82 Å². The molecule has 1 aromatic carbocycles. The van der Waals surface area contributed by atoms with Gasteiger partial charge in [-0.05, 0) is 39.0 Å². The molecule has 1 unspecified atom stereocenters. The Morgan fingerprint density at radius 1 is 1.19 bits per heavy atom. The fourth-order valence-electron chi connectivity index (χ4n) is 1.79. The third-order valence-corrected chi connectivity index (χ3v) is 4.68. The second-order valence-electron chi connectivity index (χ2n) is 6.19. The smallest absolute Gasteiger partial charge is 0.573 e. The topological polar surface area (TPSA) is 70.4 Å². The normalized spacial score (nSPS) is 14.2.